The number of carbonyl (C=O) groups is 2. The quantitative estimate of drug-likeness (QED) is 0.431. The molecule has 2 aromatic carbocycles. The van der Waals surface area contributed by atoms with Crippen molar-refractivity contribution in [3.8, 4) is 0 Å². The molecule has 7 nitrogen and oxygen atoms in total. The van der Waals surface area contributed by atoms with Crippen LogP contribution in [-0.4, -0.2) is 42.0 Å². The zero-order valence-corrected chi connectivity index (χ0v) is 17.1. The van der Waals surface area contributed by atoms with Gasteiger partial charge in [0.15, 0.2) is 0 Å². The van der Waals surface area contributed by atoms with Crippen LogP contribution in [0.15, 0.2) is 48.5 Å². The molecule has 2 aromatic rings. The number of carbonyl (C=O) groups excluding carboxylic acids is 1. The number of rotatable bonds is 6. The number of hydrogen-bond acceptors (Lipinski definition) is 4. The number of hydrogen-bond donors (Lipinski definition) is 1. The van der Waals surface area contributed by atoms with Crippen molar-refractivity contribution < 1.29 is 19.6 Å². The van der Waals surface area contributed by atoms with Crippen LogP contribution < -0.4 is 9.25 Å². The average molecular weight is 431 g/mol. The molecule has 1 N–H and O–H groups in total. The summed E-state index contributed by atoms with van der Waals surface area (Å²) >= 11 is -0.847. The van der Waals surface area contributed by atoms with Gasteiger partial charge in [-0.25, -0.2) is 0 Å². The molecule has 0 atom stereocenters. The van der Waals surface area contributed by atoms with Crippen molar-refractivity contribution in [2.75, 3.05) is 4.90 Å². The standard InChI is InChI=1S/C19H20AsN2O5/c1-19(2,3)21(18(24)25)15-8-5-7-14(12-15)20-17(23)11-13-6-4-9-16(10-13)22(26)27/h4-10,12H,11H2,1-3H3,(H,24,25). The van der Waals surface area contributed by atoms with E-state index in [9.17, 15) is 24.8 Å². The van der Waals surface area contributed by atoms with Crippen LogP contribution in [0.25, 0.3) is 0 Å². The number of nitro groups is 1. The van der Waals surface area contributed by atoms with E-state index >= 15 is 0 Å². The molecule has 2 rings (SSSR count). The molecule has 0 aromatic heterocycles. The fraction of sp³-hybridized carbons (Fsp3) is 0.263. The van der Waals surface area contributed by atoms with Crippen molar-refractivity contribution in [2.24, 2.45) is 0 Å². The van der Waals surface area contributed by atoms with E-state index in [1.165, 1.54) is 17.0 Å². The van der Waals surface area contributed by atoms with Gasteiger partial charge in [0.25, 0.3) is 0 Å². The third-order valence-electron chi connectivity index (χ3n) is 3.68. The van der Waals surface area contributed by atoms with Crippen LogP contribution in [0, 0.1) is 10.1 Å². The van der Waals surface area contributed by atoms with Crippen molar-refractivity contribution in [1.29, 1.82) is 0 Å². The number of nitro benzene ring substituents is 1. The second kappa shape index (κ2) is 8.35. The Morgan fingerprint density at radius 1 is 1.15 bits per heavy atom. The first-order chi connectivity index (χ1) is 12.6. The number of anilines is 1. The molecule has 0 heterocycles. The summed E-state index contributed by atoms with van der Waals surface area (Å²) in [5.74, 6) is 0. The number of non-ortho nitro benzene ring substituents is 1. The molecule has 1 radical (unpaired) electrons. The summed E-state index contributed by atoms with van der Waals surface area (Å²) in [6.07, 6.45) is -0.938. The SMILES string of the molecule is CC(C)(C)N(C(=O)O)c1cccc([As]C(=O)Cc2cccc([N+](=O)[O-])c2)c1. The second-order valence-electron chi connectivity index (χ2n) is 6.92. The van der Waals surface area contributed by atoms with Gasteiger partial charge in [-0.3, -0.25) is 0 Å². The molecule has 0 unspecified atom stereocenters. The summed E-state index contributed by atoms with van der Waals surface area (Å²) in [5.41, 5.74) is 0.461. The van der Waals surface area contributed by atoms with E-state index < -0.39 is 32.3 Å². The van der Waals surface area contributed by atoms with Gasteiger partial charge in [0.05, 0.1) is 0 Å². The Balaban J connectivity index is 2.16. The van der Waals surface area contributed by atoms with Crippen LogP contribution in [-0.2, 0) is 11.2 Å². The second-order valence-corrected chi connectivity index (χ2v) is 9.52. The van der Waals surface area contributed by atoms with E-state index in [0.29, 0.717) is 11.3 Å². The molecule has 141 valence electrons. The Morgan fingerprint density at radius 2 is 1.81 bits per heavy atom. The Bertz CT molecular complexity index is 876. The summed E-state index contributed by atoms with van der Waals surface area (Å²) < 4.78 is 0.774. The van der Waals surface area contributed by atoms with Gasteiger partial charge in [-0.05, 0) is 0 Å². The van der Waals surface area contributed by atoms with Gasteiger partial charge in [-0.2, -0.15) is 0 Å². The van der Waals surface area contributed by atoms with Crippen LogP contribution in [0.4, 0.5) is 16.2 Å². The average Bonchev–Trinajstić information content (AvgIpc) is 2.53. The van der Waals surface area contributed by atoms with Gasteiger partial charge in [0.1, 0.15) is 0 Å². The summed E-state index contributed by atoms with van der Waals surface area (Å²) in [7, 11) is 0. The predicted octanol–water partition coefficient (Wildman–Crippen LogP) is 2.98. The van der Waals surface area contributed by atoms with Crippen molar-refractivity contribution in [3.05, 3.63) is 64.2 Å². The van der Waals surface area contributed by atoms with Gasteiger partial charge < -0.3 is 0 Å². The third-order valence-corrected chi connectivity index (χ3v) is 5.66. The van der Waals surface area contributed by atoms with E-state index in [2.05, 4.69) is 0 Å². The molecular formula is C19H20AsN2O5. The van der Waals surface area contributed by atoms with Gasteiger partial charge >= 0.3 is 164 Å². The van der Waals surface area contributed by atoms with Gasteiger partial charge in [0.2, 0.25) is 0 Å². The predicted molar refractivity (Wildman–Crippen MR) is 104 cm³/mol. The zero-order valence-electron chi connectivity index (χ0n) is 15.2. The van der Waals surface area contributed by atoms with E-state index in [0.717, 1.165) is 4.35 Å². The molecule has 27 heavy (non-hydrogen) atoms. The molecule has 8 heteroatoms. The maximum atomic E-state index is 12.4. The van der Waals surface area contributed by atoms with E-state index in [4.69, 9.17) is 0 Å². The van der Waals surface area contributed by atoms with E-state index in [1.54, 1.807) is 57.2 Å². The fourth-order valence-corrected chi connectivity index (χ4v) is 4.53. The molecule has 0 aliphatic carbocycles. The minimum absolute atomic E-state index is 0.0125. The molecule has 0 saturated carbocycles. The molecule has 0 spiro atoms. The Morgan fingerprint density at radius 3 is 2.41 bits per heavy atom. The van der Waals surface area contributed by atoms with Crippen molar-refractivity contribution in [1.82, 2.24) is 0 Å². The number of nitrogens with zero attached hydrogens (tertiary/aromatic N) is 2. The first-order valence-corrected chi connectivity index (χ1v) is 10.1. The number of amides is 1. The number of benzene rings is 2. The summed E-state index contributed by atoms with van der Waals surface area (Å²) in [6.45, 7) is 5.40. The van der Waals surface area contributed by atoms with Crippen LogP contribution in [0.3, 0.4) is 0 Å². The topological polar surface area (TPSA) is 101 Å². The van der Waals surface area contributed by atoms with Gasteiger partial charge in [0, 0.05) is 0 Å². The summed E-state index contributed by atoms with van der Waals surface area (Å²) in [4.78, 5) is 35.7. The molecular weight excluding hydrogens is 411 g/mol. The van der Waals surface area contributed by atoms with Crippen molar-refractivity contribution in [3.63, 3.8) is 0 Å². The molecule has 0 saturated heterocycles. The third kappa shape index (κ3) is 5.66. The summed E-state index contributed by atoms with van der Waals surface area (Å²) in [5, 5.41) is 20.4. The Labute approximate surface area is 163 Å². The Hall–Kier alpha value is -2.66. The fourth-order valence-electron chi connectivity index (χ4n) is 2.62. The van der Waals surface area contributed by atoms with Crippen molar-refractivity contribution in [2.45, 2.75) is 32.7 Å². The monoisotopic (exact) mass is 431 g/mol. The van der Waals surface area contributed by atoms with Gasteiger partial charge in [-0.1, -0.05) is 0 Å². The van der Waals surface area contributed by atoms with Crippen molar-refractivity contribution >= 4 is 42.1 Å². The molecule has 0 bridgehead atoms. The van der Waals surface area contributed by atoms with Crippen LogP contribution in [0.5, 0.6) is 0 Å². The van der Waals surface area contributed by atoms with Crippen LogP contribution in [0.2, 0.25) is 0 Å². The first-order valence-electron chi connectivity index (χ1n) is 8.19. The van der Waals surface area contributed by atoms with Gasteiger partial charge in [-0.15, -0.1) is 0 Å². The normalized spacial score (nSPS) is 11.5. The maximum absolute atomic E-state index is 12.4. The summed E-state index contributed by atoms with van der Waals surface area (Å²) in [6, 6.07) is 13.0. The van der Waals surface area contributed by atoms with E-state index in [1.807, 2.05) is 0 Å². The Kier molecular flexibility index (Phi) is 6.39. The van der Waals surface area contributed by atoms with Crippen LogP contribution >= 0.6 is 0 Å². The first kappa shape index (κ1) is 20.6. The molecule has 0 fully saturated rings. The number of carboxylic acid groups (broad SMARTS) is 1. The molecule has 0 aliphatic heterocycles. The van der Waals surface area contributed by atoms with E-state index in [-0.39, 0.29) is 16.7 Å². The minimum atomic E-state index is -1.06. The van der Waals surface area contributed by atoms with Crippen LogP contribution in [0.1, 0.15) is 26.3 Å². The molecule has 0 aliphatic rings. The zero-order chi connectivity index (χ0) is 20.2. The molecule has 1 amide bonds.